The summed E-state index contributed by atoms with van der Waals surface area (Å²) in [6, 6.07) is 0.826. The fourth-order valence-electron chi connectivity index (χ4n) is 2.50. The van der Waals surface area contributed by atoms with Gasteiger partial charge in [-0.1, -0.05) is 6.42 Å². The third-order valence-electron chi connectivity index (χ3n) is 3.25. The van der Waals surface area contributed by atoms with Crippen molar-refractivity contribution in [1.82, 2.24) is 10.6 Å². The summed E-state index contributed by atoms with van der Waals surface area (Å²) < 4.78 is 0. The fourth-order valence-corrected chi connectivity index (χ4v) is 2.50. The molecule has 0 aromatic carbocycles. The minimum Gasteiger partial charge on any atom is -0.316 e. The Morgan fingerprint density at radius 1 is 0.917 bits per heavy atom. The van der Waals surface area contributed by atoms with Gasteiger partial charge in [-0.2, -0.15) is 0 Å². The first kappa shape index (κ1) is 8.52. The van der Waals surface area contributed by atoms with Crippen molar-refractivity contribution < 1.29 is 0 Å². The molecule has 0 aromatic rings. The van der Waals surface area contributed by atoms with Crippen molar-refractivity contribution in [2.45, 2.75) is 38.1 Å². The Labute approximate surface area is 75.1 Å². The highest BCUT2D eigenvalue weighted by Crippen LogP contribution is 2.20. The van der Waals surface area contributed by atoms with E-state index in [1.54, 1.807) is 0 Å². The first-order chi connectivity index (χ1) is 5.97. The average molecular weight is 168 g/mol. The predicted molar refractivity (Wildman–Crippen MR) is 51.2 cm³/mol. The molecule has 2 saturated heterocycles. The van der Waals surface area contributed by atoms with Crippen molar-refractivity contribution in [3.63, 3.8) is 0 Å². The van der Waals surface area contributed by atoms with Gasteiger partial charge in [0, 0.05) is 6.04 Å². The third-order valence-corrected chi connectivity index (χ3v) is 3.25. The second-order valence-electron chi connectivity index (χ2n) is 4.16. The van der Waals surface area contributed by atoms with Crippen molar-refractivity contribution in [2.24, 2.45) is 5.92 Å². The van der Waals surface area contributed by atoms with Gasteiger partial charge in [0.1, 0.15) is 0 Å². The summed E-state index contributed by atoms with van der Waals surface area (Å²) in [4.78, 5) is 0. The average Bonchev–Trinajstić information content (AvgIpc) is 2.21. The van der Waals surface area contributed by atoms with Crippen LogP contribution in [-0.4, -0.2) is 25.7 Å². The number of hydrogen-bond acceptors (Lipinski definition) is 2. The van der Waals surface area contributed by atoms with Crippen LogP contribution in [0.15, 0.2) is 0 Å². The van der Waals surface area contributed by atoms with Crippen LogP contribution in [0.2, 0.25) is 0 Å². The summed E-state index contributed by atoms with van der Waals surface area (Å²) >= 11 is 0. The Balaban J connectivity index is 1.80. The van der Waals surface area contributed by atoms with Crippen molar-refractivity contribution >= 4 is 0 Å². The lowest BCUT2D eigenvalue weighted by Crippen LogP contribution is -2.46. The molecule has 2 rings (SSSR count). The van der Waals surface area contributed by atoms with Gasteiger partial charge in [0.05, 0.1) is 0 Å². The molecule has 0 unspecified atom stereocenters. The first-order valence-corrected chi connectivity index (χ1v) is 5.41. The summed E-state index contributed by atoms with van der Waals surface area (Å²) in [6.07, 6.45) is 7.05. The number of nitrogens with one attached hydrogen (secondary N) is 2. The van der Waals surface area contributed by atoms with Crippen LogP contribution in [0.5, 0.6) is 0 Å². The van der Waals surface area contributed by atoms with Crippen LogP contribution in [-0.2, 0) is 0 Å². The molecular formula is C10H20N2. The summed E-state index contributed by atoms with van der Waals surface area (Å²) in [5, 5.41) is 7.14. The largest absolute Gasteiger partial charge is 0.316 e. The van der Waals surface area contributed by atoms with Gasteiger partial charge in [-0.15, -0.1) is 0 Å². The Morgan fingerprint density at radius 2 is 1.92 bits per heavy atom. The lowest BCUT2D eigenvalue weighted by atomic mass is 9.87. The highest BCUT2D eigenvalue weighted by Gasteiger charge is 2.24. The van der Waals surface area contributed by atoms with Gasteiger partial charge in [0.15, 0.2) is 0 Å². The maximum Gasteiger partial charge on any atom is 0.0107 e. The smallest absolute Gasteiger partial charge is 0.0107 e. The lowest BCUT2D eigenvalue weighted by molar-refractivity contribution is 0.247. The summed E-state index contributed by atoms with van der Waals surface area (Å²) in [7, 11) is 0. The maximum absolute atomic E-state index is 3.65. The van der Waals surface area contributed by atoms with Crippen LogP contribution in [0.25, 0.3) is 0 Å². The molecule has 0 aromatic heterocycles. The molecule has 12 heavy (non-hydrogen) atoms. The lowest BCUT2D eigenvalue weighted by Gasteiger charge is -2.34. The Bertz CT molecular complexity index is 108. The molecule has 0 spiro atoms. The van der Waals surface area contributed by atoms with Crippen LogP contribution in [0, 0.1) is 5.92 Å². The van der Waals surface area contributed by atoms with Crippen molar-refractivity contribution in [3.05, 3.63) is 0 Å². The van der Waals surface area contributed by atoms with Crippen LogP contribution in [0.1, 0.15) is 32.1 Å². The highest BCUT2D eigenvalue weighted by molar-refractivity contribution is 4.83. The normalized spacial score (nSPS) is 38.0. The third kappa shape index (κ3) is 1.99. The van der Waals surface area contributed by atoms with E-state index in [-0.39, 0.29) is 0 Å². The topological polar surface area (TPSA) is 24.1 Å². The van der Waals surface area contributed by atoms with E-state index < -0.39 is 0 Å². The first-order valence-electron chi connectivity index (χ1n) is 5.41. The standard InChI is InChI=1S/C10H20N2/c1-2-7-12-10(5-1)9-4-3-6-11-8-9/h9-12H,1-8H2/t9-,10-/m0/s1. The highest BCUT2D eigenvalue weighted by atomic mass is 15.0. The molecule has 2 nitrogen and oxygen atoms in total. The summed E-state index contributed by atoms with van der Waals surface area (Å²) in [5.74, 6) is 0.916. The van der Waals surface area contributed by atoms with E-state index in [1.165, 1.54) is 51.7 Å². The van der Waals surface area contributed by atoms with Crippen LogP contribution < -0.4 is 10.6 Å². The van der Waals surface area contributed by atoms with Gasteiger partial charge in [-0.05, 0) is 51.2 Å². The number of piperidine rings is 2. The second kappa shape index (κ2) is 4.24. The van der Waals surface area contributed by atoms with Gasteiger partial charge < -0.3 is 10.6 Å². The molecule has 2 N–H and O–H groups in total. The molecule has 2 fully saturated rings. The van der Waals surface area contributed by atoms with Gasteiger partial charge >= 0.3 is 0 Å². The molecule has 0 aliphatic carbocycles. The zero-order chi connectivity index (χ0) is 8.23. The summed E-state index contributed by atoms with van der Waals surface area (Å²) in [5.41, 5.74) is 0. The van der Waals surface area contributed by atoms with Gasteiger partial charge in [-0.3, -0.25) is 0 Å². The molecule has 0 radical (unpaired) electrons. The van der Waals surface area contributed by atoms with Crippen molar-refractivity contribution in [1.29, 1.82) is 0 Å². The van der Waals surface area contributed by atoms with E-state index >= 15 is 0 Å². The van der Waals surface area contributed by atoms with Crippen LogP contribution in [0.3, 0.4) is 0 Å². The molecule has 2 atom stereocenters. The van der Waals surface area contributed by atoms with Crippen molar-refractivity contribution in [2.75, 3.05) is 19.6 Å². The molecule has 2 aliphatic rings. The fraction of sp³-hybridized carbons (Fsp3) is 1.00. The Hall–Kier alpha value is -0.0800. The SMILES string of the molecule is C1CC[C@@H]([C@H]2CCCNC2)NC1. The van der Waals surface area contributed by atoms with E-state index in [0.717, 1.165) is 12.0 Å². The molecule has 0 bridgehead atoms. The van der Waals surface area contributed by atoms with Gasteiger partial charge in [-0.25, -0.2) is 0 Å². The van der Waals surface area contributed by atoms with Gasteiger partial charge in [0.25, 0.3) is 0 Å². The van der Waals surface area contributed by atoms with Crippen molar-refractivity contribution in [3.8, 4) is 0 Å². The molecule has 2 heterocycles. The predicted octanol–water partition coefficient (Wildman–Crippen LogP) is 1.13. The van der Waals surface area contributed by atoms with E-state index in [0.29, 0.717) is 0 Å². The zero-order valence-electron chi connectivity index (χ0n) is 7.81. The molecule has 2 heteroatoms. The molecule has 2 aliphatic heterocycles. The van der Waals surface area contributed by atoms with Crippen LogP contribution >= 0.6 is 0 Å². The second-order valence-corrected chi connectivity index (χ2v) is 4.16. The molecular weight excluding hydrogens is 148 g/mol. The van der Waals surface area contributed by atoms with E-state index in [1.807, 2.05) is 0 Å². The molecule has 0 saturated carbocycles. The minimum absolute atomic E-state index is 0.826. The Morgan fingerprint density at radius 3 is 2.58 bits per heavy atom. The van der Waals surface area contributed by atoms with Crippen LogP contribution in [0.4, 0.5) is 0 Å². The Kier molecular flexibility index (Phi) is 3.01. The van der Waals surface area contributed by atoms with E-state index in [4.69, 9.17) is 0 Å². The van der Waals surface area contributed by atoms with Gasteiger partial charge in [0.2, 0.25) is 0 Å². The molecule has 70 valence electrons. The quantitative estimate of drug-likeness (QED) is 0.613. The van der Waals surface area contributed by atoms with E-state index in [9.17, 15) is 0 Å². The monoisotopic (exact) mass is 168 g/mol. The van der Waals surface area contributed by atoms with E-state index in [2.05, 4.69) is 10.6 Å². The maximum atomic E-state index is 3.65. The molecule has 0 amide bonds. The number of hydrogen-bond donors (Lipinski definition) is 2. The summed E-state index contributed by atoms with van der Waals surface area (Å²) in [6.45, 7) is 3.74. The minimum atomic E-state index is 0.826. The zero-order valence-corrected chi connectivity index (χ0v) is 7.81. The number of rotatable bonds is 1.